The molecule has 0 fully saturated rings. The molecule has 1 heterocycles. The van der Waals surface area contributed by atoms with Crippen molar-refractivity contribution in [3.8, 4) is 5.75 Å². The molecule has 1 aromatic rings. The van der Waals surface area contributed by atoms with E-state index in [2.05, 4.69) is 23.3 Å². The highest BCUT2D eigenvalue weighted by molar-refractivity contribution is 5.39. The second kappa shape index (κ2) is 11.4. The number of fused-ring (bicyclic) bond motifs is 1. The van der Waals surface area contributed by atoms with Gasteiger partial charge in [-0.1, -0.05) is 45.7 Å². The second-order valence-corrected chi connectivity index (χ2v) is 3.73. The standard InChI is InChI=1S/C9H7F3O2.C3H8.C2H6.CH3F/c1-5-2-3-7-6(4-5)9(11,12)14-8(10)13-7;1-3-2;2*1-2/h2-4,8H,1H3;3H2,1-2H3;1-2H3;1H3. The van der Waals surface area contributed by atoms with Gasteiger partial charge in [-0.3, -0.25) is 4.39 Å². The first-order valence-corrected chi connectivity index (χ1v) is 6.76. The van der Waals surface area contributed by atoms with Crippen molar-refractivity contribution in [3.05, 3.63) is 29.3 Å². The lowest BCUT2D eigenvalue weighted by molar-refractivity contribution is -0.355. The lowest BCUT2D eigenvalue weighted by Gasteiger charge is -2.27. The van der Waals surface area contributed by atoms with E-state index in [-0.39, 0.29) is 5.75 Å². The highest BCUT2D eigenvalue weighted by atomic mass is 19.3. The van der Waals surface area contributed by atoms with Gasteiger partial charge >= 0.3 is 12.7 Å². The number of rotatable bonds is 0. The lowest BCUT2D eigenvalue weighted by atomic mass is 10.1. The maximum absolute atomic E-state index is 13.1. The smallest absolute Gasteiger partial charge is 0.391 e. The summed E-state index contributed by atoms with van der Waals surface area (Å²) in [5.41, 5.74) is 0.194. The Morgan fingerprint density at radius 1 is 1.14 bits per heavy atom. The third kappa shape index (κ3) is 7.32. The van der Waals surface area contributed by atoms with Crippen LogP contribution in [-0.4, -0.2) is 13.7 Å². The summed E-state index contributed by atoms with van der Waals surface area (Å²) in [5.74, 6) is -0.181. The fourth-order valence-electron chi connectivity index (χ4n) is 1.28. The molecule has 1 unspecified atom stereocenters. The molecular weight excluding hydrogens is 288 g/mol. The van der Waals surface area contributed by atoms with Gasteiger partial charge in [0.2, 0.25) is 0 Å². The number of ether oxygens (including phenoxy) is 2. The summed E-state index contributed by atoms with van der Waals surface area (Å²) in [6.45, 7) is 7.48. The predicted octanol–water partition coefficient (Wildman–Crippen LogP) is 5.73. The van der Waals surface area contributed by atoms with Crippen molar-refractivity contribution in [2.75, 3.05) is 7.18 Å². The van der Waals surface area contributed by atoms with E-state index >= 15 is 0 Å². The van der Waals surface area contributed by atoms with Crippen LogP contribution in [0.2, 0.25) is 0 Å². The van der Waals surface area contributed by atoms with Crippen LogP contribution in [0.3, 0.4) is 0 Å². The maximum Gasteiger partial charge on any atom is 0.391 e. The molecule has 2 nitrogen and oxygen atoms in total. The van der Waals surface area contributed by atoms with Crippen LogP contribution in [0, 0.1) is 6.92 Å². The van der Waals surface area contributed by atoms with Crippen molar-refractivity contribution >= 4 is 0 Å². The Morgan fingerprint density at radius 3 is 2.10 bits per heavy atom. The first-order valence-electron chi connectivity index (χ1n) is 6.76. The first-order chi connectivity index (χ1) is 9.90. The third-order valence-corrected chi connectivity index (χ3v) is 1.91. The molecule has 0 saturated carbocycles. The van der Waals surface area contributed by atoms with E-state index in [1.54, 1.807) is 13.0 Å². The molecule has 0 spiro atoms. The molecule has 1 aromatic carbocycles. The molecule has 0 aliphatic carbocycles. The minimum Gasteiger partial charge on any atom is -0.437 e. The van der Waals surface area contributed by atoms with Crippen molar-refractivity contribution in [1.82, 2.24) is 0 Å². The Hall–Kier alpha value is -1.30. The lowest BCUT2D eigenvalue weighted by Crippen LogP contribution is -2.32. The van der Waals surface area contributed by atoms with Crippen molar-refractivity contribution < 1.29 is 27.0 Å². The molecular formula is C15H24F4O2. The molecule has 0 amide bonds. The van der Waals surface area contributed by atoms with Gasteiger partial charge in [-0.25, -0.2) is 4.74 Å². The van der Waals surface area contributed by atoms with E-state index in [1.807, 2.05) is 13.8 Å². The molecule has 1 aliphatic rings. The average Bonchev–Trinajstić information content (AvgIpc) is 2.44. The van der Waals surface area contributed by atoms with Crippen LogP contribution in [0.1, 0.15) is 45.2 Å². The van der Waals surface area contributed by atoms with Crippen LogP contribution in [0.15, 0.2) is 18.2 Å². The van der Waals surface area contributed by atoms with Crippen molar-refractivity contribution in [2.45, 2.75) is 53.7 Å². The minimum atomic E-state index is -3.63. The van der Waals surface area contributed by atoms with Gasteiger partial charge in [-0.15, -0.1) is 0 Å². The van der Waals surface area contributed by atoms with E-state index in [4.69, 9.17) is 0 Å². The predicted molar refractivity (Wildman–Crippen MR) is 76.0 cm³/mol. The molecule has 0 radical (unpaired) electrons. The molecule has 124 valence electrons. The summed E-state index contributed by atoms with van der Waals surface area (Å²) in [7, 11) is 0.500. The highest BCUT2D eigenvalue weighted by Crippen LogP contribution is 2.41. The van der Waals surface area contributed by atoms with Crippen molar-refractivity contribution in [1.29, 1.82) is 0 Å². The zero-order valence-electron chi connectivity index (χ0n) is 13.3. The normalized spacial score (nSPS) is 17.3. The summed E-state index contributed by atoms with van der Waals surface area (Å²) in [6, 6.07) is 4.07. The number of aryl methyl sites for hydroxylation is 1. The topological polar surface area (TPSA) is 18.5 Å². The van der Waals surface area contributed by atoms with Gasteiger partial charge in [0.05, 0.1) is 12.7 Å². The number of hydrogen-bond donors (Lipinski definition) is 0. The Bertz CT molecular complexity index is 384. The molecule has 0 aromatic heterocycles. The van der Waals surface area contributed by atoms with Gasteiger partial charge in [-0.05, 0) is 19.1 Å². The largest absolute Gasteiger partial charge is 0.437 e. The maximum atomic E-state index is 13.1. The minimum absolute atomic E-state index is 0.181. The van der Waals surface area contributed by atoms with E-state index in [1.165, 1.54) is 18.6 Å². The summed E-state index contributed by atoms with van der Waals surface area (Å²) < 4.78 is 56.4. The first kappa shape index (κ1) is 22.0. The van der Waals surface area contributed by atoms with E-state index in [0.717, 1.165) is 0 Å². The van der Waals surface area contributed by atoms with Crippen LogP contribution in [0.5, 0.6) is 5.75 Å². The van der Waals surface area contributed by atoms with Gasteiger partial charge in [0.15, 0.2) is 0 Å². The fraction of sp³-hybridized carbons (Fsp3) is 0.600. The summed E-state index contributed by atoms with van der Waals surface area (Å²) in [5, 5.41) is 0. The SMILES string of the molecule is CC.CCC.CF.Cc1ccc2c(c1)C(F)(F)OC(F)O2. The number of benzene rings is 1. The Kier molecular flexibility index (Phi) is 11.9. The summed E-state index contributed by atoms with van der Waals surface area (Å²) >= 11 is 0. The second-order valence-electron chi connectivity index (χ2n) is 3.73. The summed E-state index contributed by atoms with van der Waals surface area (Å²) in [4.78, 5) is 0. The Morgan fingerprint density at radius 2 is 1.62 bits per heavy atom. The molecule has 21 heavy (non-hydrogen) atoms. The third-order valence-electron chi connectivity index (χ3n) is 1.91. The molecule has 0 N–H and O–H groups in total. The fourth-order valence-corrected chi connectivity index (χ4v) is 1.28. The highest BCUT2D eigenvalue weighted by Gasteiger charge is 2.44. The van der Waals surface area contributed by atoms with Gasteiger partial charge in [-0.2, -0.15) is 13.2 Å². The van der Waals surface area contributed by atoms with Gasteiger partial charge in [0.25, 0.3) is 0 Å². The van der Waals surface area contributed by atoms with Gasteiger partial charge < -0.3 is 4.74 Å². The zero-order chi connectivity index (χ0) is 17.1. The Labute approximate surface area is 124 Å². The molecule has 0 bridgehead atoms. The van der Waals surface area contributed by atoms with Crippen molar-refractivity contribution in [2.24, 2.45) is 0 Å². The van der Waals surface area contributed by atoms with E-state index in [9.17, 15) is 17.6 Å². The number of hydrogen-bond acceptors (Lipinski definition) is 2. The van der Waals surface area contributed by atoms with Crippen LogP contribution >= 0.6 is 0 Å². The molecule has 6 heteroatoms. The average molecular weight is 312 g/mol. The van der Waals surface area contributed by atoms with Crippen LogP contribution in [0.25, 0.3) is 0 Å². The van der Waals surface area contributed by atoms with Gasteiger partial charge in [0.1, 0.15) is 5.75 Å². The van der Waals surface area contributed by atoms with E-state index < -0.39 is 18.2 Å². The Balaban J connectivity index is 0. The van der Waals surface area contributed by atoms with Crippen LogP contribution in [-0.2, 0) is 10.8 Å². The number of alkyl halides is 4. The van der Waals surface area contributed by atoms with E-state index in [0.29, 0.717) is 12.7 Å². The van der Waals surface area contributed by atoms with Crippen LogP contribution < -0.4 is 4.74 Å². The monoisotopic (exact) mass is 312 g/mol. The molecule has 1 atom stereocenters. The number of halogens is 4. The zero-order valence-corrected chi connectivity index (χ0v) is 13.3. The molecule has 1 aliphatic heterocycles. The molecule has 2 rings (SSSR count). The van der Waals surface area contributed by atoms with Crippen molar-refractivity contribution in [3.63, 3.8) is 0 Å². The quantitative estimate of drug-likeness (QED) is 0.569. The summed E-state index contributed by atoms with van der Waals surface area (Å²) in [6.07, 6.45) is -2.38. The van der Waals surface area contributed by atoms with Gasteiger partial charge in [0, 0.05) is 0 Å². The molecule has 0 saturated heterocycles. The van der Waals surface area contributed by atoms with Crippen LogP contribution in [0.4, 0.5) is 17.6 Å².